The molecule has 0 unspecified atom stereocenters. The Morgan fingerprint density at radius 2 is 2.04 bits per heavy atom. The summed E-state index contributed by atoms with van der Waals surface area (Å²) in [6.07, 6.45) is 9.08. The molecule has 1 N–H and O–H groups in total. The van der Waals surface area contributed by atoms with Gasteiger partial charge in [0.05, 0.1) is 18.7 Å². The number of hydrogen-bond acceptors (Lipinski definition) is 5. The lowest BCUT2D eigenvalue weighted by molar-refractivity contribution is -0.138. The van der Waals surface area contributed by atoms with E-state index in [1.165, 1.54) is 25.7 Å². The number of aromatic nitrogens is 3. The van der Waals surface area contributed by atoms with Crippen molar-refractivity contribution >= 4 is 5.97 Å². The molecular formula is C21H25N3O3. The topological polar surface area (TPSA) is 85.2 Å². The van der Waals surface area contributed by atoms with E-state index in [4.69, 9.17) is 9.84 Å². The van der Waals surface area contributed by atoms with E-state index in [9.17, 15) is 4.79 Å². The van der Waals surface area contributed by atoms with Crippen molar-refractivity contribution in [2.24, 2.45) is 17.8 Å². The molecule has 2 atom stereocenters. The van der Waals surface area contributed by atoms with E-state index in [1.54, 1.807) is 12.4 Å². The Bertz CT molecular complexity index is 818. The van der Waals surface area contributed by atoms with Crippen LogP contribution in [0.1, 0.15) is 50.6 Å². The molecule has 0 aromatic carbocycles. The van der Waals surface area contributed by atoms with Crippen molar-refractivity contribution in [3.63, 3.8) is 0 Å². The molecule has 27 heavy (non-hydrogen) atoms. The first-order valence-electron chi connectivity index (χ1n) is 9.75. The molecule has 0 spiro atoms. The Morgan fingerprint density at radius 3 is 2.78 bits per heavy atom. The summed E-state index contributed by atoms with van der Waals surface area (Å²) in [5, 5.41) is 17.3. The normalized spacial score (nSPS) is 27.1. The lowest BCUT2D eigenvalue weighted by atomic mass is 9.83. The van der Waals surface area contributed by atoms with Gasteiger partial charge in [0.25, 0.3) is 0 Å². The van der Waals surface area contributed by atoms with Gasteiger partial charge in [-0.2, -0.15) is 5.10 Å². The Morgan fingerprint density at radius 1 is 1.22 bits per heavy atom. The monoisotopic (exact) mass is 367 g/mol. The van der Waals surface area contributed by atoms with Crippen LogP contribution in [0.5, 0.6) is 5.88 Å². The Labute approximate surface area is 159 Å². The number of rotatable bonds is 6. The van der Waals surface area contributed by atoms with Crippen molar-refractivity contribution in [3.8, 4) is 17.0 Å². The van der Waals surface area contributed by atoms with E-state index in [0.29, 0.717) is 24.8 Å². The van der Waals surface area contributed by atoms with Crippen LogP contribution in [0.4, 0.5) is 0 Å². The lowest BCUT2D eigenvalue weighted by Crippen LogP contribution is -2.19. The fourth-order valence-electron chi connectivity index (χ4n) is 3.90. The van der Waals surface area contributed by atoms with Gasteiger partial charge in [-0.25, -0.2) is 0 Å². The summed E-state index contributed by atoms with van der Waals surface area (Å²) in [5.41, 5.74) is 2.70. The Kier molecular flexibility index (Phi) is 5.05. The van der Waals surface area contributed by atoms with Crippen molar-refractivity contribution in [3.05, 3.63) is 36.3 Å². The zero-order valence-corrected chi connectivity index (χ0v) is 15.5. The molecule has 0 saturated heterocycles. The van der Waals surface area contributed by atoms with Crippen LogP contribution in [0.2, 0.25) is 0 Å². The van der Waals surface area contributed by atoms with Gasteiger partial charge < -0.3 is 9.84 Å². The van der Waals surface area contributed by atoms with Gasteiger partial charge in [-0.3, -0.25) is 9.78 Å². The summed E-state index contributed by atoms with van der Waals surface area (Å²) in [5.74, 6) is 0.937. The minimum absolute atomic E-state index is 0.0154. The molecule has 6 heteroatoms. The highest BCUT2D eigenvalue weighted by molar-refractivity contribution is 5.75. The first kappa shape index (κ1) is 17.9. The summed E-state index contributed by atoms with van der Waals surface area (Å²) in [7, 11) is 0. The molecule has 2 aromatic rings. The molecule has 0 bridgehead atoms. The molecule has 0 aliphatic heterocycles. The Hall–Kier alpha value is -2.50. The van der Waals surface area contributed by atoms with E-state index in [2.05, 4.69) is 22.1 Å². The van der Waals surface area contributed by atoms with Crippen molar-refractivity contribution < 1.29 is 14.6 Å². The highest BCUT2D eigenvalue weighted by Crippen LogP contribution is 2.47. The third-order valence-corrected chi connectivity index (χ3v) is 5.84. The summed E-state index contributed by atoms with van der Waals surface area (Å²) in [6, 6.07) is 5.76. The first-order valence-corrected chi connectivity index (χ1v) is 9.75. The first-order chi connectivity index (χ1) is 13.1. The third-order valence-electron chi connectivity index (χ3n) is 5.84. The van der Waals surface area contributed by atoms with Crippen LogP contribution >= 0.6 is 0 Å². The van der Waals surface area contributed by atoms with E-state index in [1.807, 2.05) is 18.2 Å². The zero-order valence-electron chi connectivity index (χ0n) is 15.5. The maximum atomic E-state index is 11.1. The number of carboxylic acid groups (broad SMARTS) is 1. The molecule has 2 fully saturated rings. The largest absolute Gasteiger partial charge is 0.481 e. The number of nitrogens with zero attached hydrogens (tertiary/aromatic N) is 3. The molecule has 0 radical (unpaired) electrons. The van der Waals surface area contributed by atoms with Gasteiger partial charge >= 0.3 is 5.97 Å². The standard InChI is InChI=1S/C21H25N3O3/c1-13-2-4-14(5-3-13)12-27-20-9-16(11-23-24-20)15-6-7-22-19(8-15)17-10-18(17)21(25)26/h6-9,11,13-14,17-18H,2-5,10,12H2,1H3,(H,25,26)/t13?,14?,17-,18-/m1/s1. The number of ether oxygens (including phenoxy) is 1. The van der Waals surface area contributed by atoms with Gasteiger partial charge in [0.15, 0.2) is 0 Å². The third kappa shape index (κ3) is 4.26. The number of hydrogen-bond donors (Lipinski definition) is 1. The second kappa shape index (κ2) is 7.62. The summed E-state index contributed by atoms with van der Waals surface area (Å²) in [6.45, 7) is 3.00. The predicted octanol–water partition coefficient (Wildman–Crippen LogP) is 3.93. The Balaban J connectivity index is 1.42. The average molecular weight is 367 g/mol. The molecule has 2 aliphatic carbocycles. The van der Waals surface area contributed by atoms with Crippen LogP contribution in [-0.4, -0.2) is 32.9 Å². The van der Waals surface area contributed by atoms with Gasteiger partial charge in [-0.05, 0) is 48.8 Å². The van der Waals surface area contributed by atoms with Gasteiger partial charge in [0, 0.05) is 29.4 Å². The van der Waals surface area contributed by atoms with Crippen molar-refractivity contribution in [2.75, 3.05) is 6.61 Å². The van der Waals surface area contributed by atoms with Crippen LogP contribution in [0.25, 0.3) is 11.1 Å². The average Bonchev–Trinajstić information content (AvgIpc) is 3.49. The van der Waals surface area contributed by atoms with E-state index in [-0.39, 0.29) is 11.8 Å². The van der Waals surface area contributed by atoms with Crippen LogP contribution in [-0.2, 0) is 4.79 Å². The highest BCUT2D eigenvalue weighted by Gasteiger charge is 2.45. The minimum atomic E-state index is -0.745. The summed E-state index contributed by atoms with van der Waals surface area (Å²) in [4.78, 5) is 15.5. The molecule has 2 aromatic heterocycles. The number of pyridine rings is 1. The van der Waals surface area contributed by atoms with Crippen LogP contribution in [0, 0.1) is 17.8 Å². The molecule has 2 heterocycles. The lowest BCUT2D eigenvalue weighted by Gasteiger charge is -2.25. The van der Waals surface area contributed by atoms with Crippen molar-refractivity contribution in [1.29, 1.82) is 0 Å². The van der Waals surface area contributed by atoms with Crippen LogP contribution < -0.4 is 4.74 Å². The quantitative estimate of drug-likeness (QED) is 0.832. The maximum absolute atomic E-state index is 11.1. The minimum Gasteiger partial charge on any atom is -0.481 e. The highest BCUT2D eigenvalue weighted by atomic mass is 16.5. The van der Waals surface area contributed by atoms with Crippen molar-refractivity contribution in [2.45, 2.75) is 44.9 Å². The molecule has 2 aliphatic rings. The van der Waals surface area contributed by atoms with Crippen LogP contribution in [0.3, 0.4) is 0 Å². The number of carboxylic acids is 1. The van der Waals surface area contributed by atoms with E-state index in [0.717, 1.165) is 22.7 Å². The fourth-order valence-corrected chi connectivity index (χ4v) is 3.90. The molecule has 4 rings (SSSR count). The number of aliphatic carboxylic acids is 1. The maximum Gasteiger partial charge on any atom is 0.307 e. The summed E-state index contributed by atoms with van der Waals surface area (Å²) >= 11 is 0. The smallest absolute Gasteiger partial charge is 0.307 e. The van der Waals surface area contributed by atoms with Crippen molar-refractivity contribution in [1.82, 2.24) is 15.2 Å². The molecule has 0 amide bonds. The van der Waals surface area contributed by atoms with Crippen LogP contribution in [0.15, 0.2) is 30.6 Å². The van der Waals surface area contributed by atoms with E-state index >= 15 is 0 Å². The second-order valence-corrected chi connectivity index (χ2v) is 7.98. The SMILES string of the molecule is CC1CCC(COc2cc(-c3ccnc([C@@H]4C[C@H]4C(=O)O)c3)cnn2)CC1. The molecule has 142 valence electrons. The zero-order chi connectivity index (χ0) is 18.8. The summed E-state index contributed by atoms with van der Waals surface area (Å²) < 4.78 is 5.91. The molecular weight excluding hydrogens is 342 g/mol. The fraction of sp³-hybridized carbons (Fsp3) is 0.524. The van der Waals surface area contributed by atoms with Gasteiger partial charge in [0.2, 0.25) is 5.88 Å². The molecule has 2 saturated carbocycles. The predicted molar refractivity (Wildman–Crippen MR) is 100 cm³/mol. The van der Waals surface area contributed by atoms with Gasteiger partial charge in [-0.15, -0.1) is 5.10 Å². The second-order valence-electron chi connectivity index (χ2n) is 7.98. The van der Waals surface area contributed by atoms with Gasteiger partial charge in [-0.1, -0.05) is 19.8 Å². The van der Waals surface area contributed by atoms with Gasteiger partial charge in [0.1, 0.15) is 0 Å². The molecule has 6 nitrogen and oxygen atoms in total. The van der Waals surface area contributed by atoms with E-state index < -0.39 is 5.97 Å². The number of carbonyl (C=O) groups is 1.